The molecule has 0 saturated heterocycles. The monoisotopic (exact) mass is 332 g/mol. The van der Waals surface area contributed by atoms with Crippen LogP contribution in [0.15, 0.2) is 36.9 Å². The fourth-order valence-electron chi connectivity index (χ4n) is 2.21. The number of nitrogens with one attached hydrogen (secondary N) is 1. The molecule has 1 aliphatic rings. The highest BCUT2D eigenvalue weighted by atomic mass is 16.5. The number of ether oxygens (including phenoxy) is 1. The Balaban J connectivity index is 1.99. The zero-order valence-corrected chi connectivity index (χ0v) is 12.7. The molecule has 0 aromatic heterocycles. The van der Waals surface area contributed by atoms with Gasteiger partial charge in [0.1, 0.15) is 6.54 Å². The van der Waals surface area contributed by atoms with E-state index in [1.54, 1.807) is 12.1 Å². The highest BCUT2D eigenvalue weighted by Crippen LogP contribution is 2.21. The van der Waals surface area contributed by atoms with Crippen LogP contribution in [-0.4, -0.2) is 59.5 Å². The standard InChI is InChI=1S/C16H16N2O6/c1-2-7-24-9-12(16(22)23)17-13(19)8-18-14(20)10-5-3-4-6-11(10)15(18)21/h2-6,12H,1,7-9H2,(H,17,19)(H,22,23). The summed E-state index contributed by atoms with van der Waals surface area (Å²) < 4.78 is 5.01. The smallest absolute Gasteiger partial charge is 0.328 e. The molecule has 0 radical (unpaired) electrons. The lowest BCUT2D eigenvalue weighted by Crippen LogP contribution is -2.48. The number of carbonyl (C=O) groups is 4. The molecule has 2 rings (SSSR count). The van der Waals surface area contributed by atoms with Crippen molar-refractivity contribution >= 4 is 23.7 Å². The molecular weight excluding hydrogens is 316 g/mol. The lowest BCUT2D eigenvalue weighted by Gasteiger charge is -2.17. The van der Waals surface area contributed by atoms with Gasteiger partial charge in [-0.2, -0.15) is 0 Å². The molecule has 1 unspecified atom stereocenters. The van der Waals surface area contributed by atoms with Gasteiger partial charge >= 0.3 is 5.97 Å². The Hall–Kier alpha value is -3.00. The molecule has 2 N–H and O–H groups in total. The van der Waals surface area contributed by atoms with E-state index < -0.39 is 36.3 Å². The molecule has 24 heavy (non-hydrogen) atoms. The SMILES string of the molecule is C=CCOCC(NC(=O)CN1C(=O)c2ccccc2C1=O)C(=O)O. The van der Waals surface area contributed by atoms with Crippen LogP contribution < -0.4 is 5.32 Å². The van der Waals surface area contributed by atoms with Crippen molar-refractivity contribution in [3.05, 3.63) is 48.0 Å². The Labute approximate surface area is 137 Å². The van der Waals surface area contributed by atoms with Crippen molar-refractivity contribution in [2.24, 2.45) is 0 Å². The van der Waals surface area contributed by atoms with Gasteiger partial charge in [0.25, 0.3) is 11.8 Å². The molecule has 8 nitrogen and oxygen atoms in total. The summed E-state index contributed by atoms with van der Waals surface area (Å²) in [6.45, 7) is 2.75. The first kappa shape index (κ1) is 17.4. The molecule has 0 spiro atoms. The maximum atomic E-state index is 12.1. The number of imide groups is 1. The zero-order chi connectivity index (χ0) is 17.7. The molecule has 0 saturated carbocycles. The van der Waals surface area contributed by atoms with Crippen molar-refractivity contribution in [2.45, 2.75) is 6.04 Å². The summed E-state index contributed by atoms with van der Waals surface area (Å²) in [5, 5.41) is 11.3. The molecule has 0 fully saturated rings. The Kier molecular flexibility index (Phi) is 5.43. The van der Waals surface area contributed by atoms with Gasteiger partial charge in [0.2, 0.25) is 5.91 Å². The van der Waals surface area contributed by atoms with Gasteiger partial charge in [-0.15, -0.1) is 6.58 Å². The van der Waals surface area contributed by atoms with E-state index in [-0.39, 0.29) is 24.3 Å². The van der Waals surface area contributed by atoms with Crippen LogP contribution in [0.4, 0.5) is 0 Å². The second-order valence-electron chi connectivity index (χ2n) is 5.03. The molecular formula is C16H16N2O6. The number of benzene rings is 1. The predicted molar refractivity (Wildman–Crippen MR) is 82.4 cm³/mol. The molecule has 1 aliphatic heterocycles. The lowest BCUT2D eigenvalue weighted by molar-refractivity contribution is -0.143. The van der Waals surface area contributed by atoms with E-state index in [9.17, 15) is 19.2 Å². The quantitative estimate of drug-likeness (QED) is 0.395. The molecule has 1 aromatic carbocycles. The molecule has 8 heteroatoms. The van der Waals surface area contributed by atoms with Gasteiger partial charge in [-0.3, -0.25) is 19.3 Å². The highest BCUT2D eigenvalue weighted by Gasteiger charge is 2.36. The zero-order valence-electron chi connectivity index (χ0n) is 12.7. The first-order valence-corrected chi connectivity index (χ1v) is 7.11. The van der Waals surface area contributed by atoms with Crippen molar-refractivity contribution in [3.8, 4) is 0 Å². The van der Waals surface area contributed by atoms with E-state index in [2.05, 4.69) is 11.9 Å². The van der Waals surface area contributed by atoms with Crippen molar-refractivity contribution < 1.29 is 29.0 Å². The summed E-state index contributed by atoms with van der Waals surface area (Å²) in [5.41, 5.74) is 0.443. The van der Waals surface area contributed by atoms with E-state index in [1.165, 1.54) is 18.2 Å². The van der Waals surface area contributed by atoms with Crippen LogP contribution in [0.3, 0.4) is 0 Å². The van der Waals surface area contributed by atoms with Crippen LogP contribution in [0.1, 0.15) is 20.7 Å². The first-order chi connectivity index (χ1) is 11.5. The minimum atomic E-state index is -1.28. The van der Waals surface area contributed by atoms with Crippen LogP contribution in [-0.2, 0) is 14.3 Å². The summed E-state index contributed by atoms with van der Waals surface area (Å²) in [6, 6.07) is 4.94. The van der Waals surface area contributed by atoms with Gasteiger partial charge in [0, 0.05) is 0 Å². The number of aliphatic carboxylic acids is 1. The van der Waals surface area contributed by atoms with Crippen molar-refractivity contribution in [1.82, 2.24) is 10.2 Å². The second kappa shape index (κ2) is 7.51. The summed E-state index contributed by atoms with van der Waals surface area (Å²) in [5.74, 6) is -3.21. The normalized spacial score (nSPS) is 14.2. The maximum Gasteiger partial charge on any atom is 0.328 e. The number of hydrogen-bond acceptors (Lipinski definition) is 5. The number of hydrogen-bond donors (Lipinski definition) is 2. The molecule has 126 valence electrons. The van der Waals surface area contributed by atoms with Gasteiger partial charge in [-0.05, 0) is 12.1 Å². The molecule has 3 amide bonds. The molecule has 0 bridgehead atoms. The Morgan fingerprint density at radius 3 is 2.33 bits per heavy atom. The minimum absolute atomic E-state index is 0.137. The number of carbonyl (C=O) groups excluding carboxylic acids is 3. The van der Waals surface area contributed by atoms with Crippen molar-refractivity contribution in [3.63, 3.8) is 0 Å². The predicted octanol–water partition coefficient (Wildman–Crippen LogP) is 0.0546. The summed E-state index contributed by atoms with van der Waals surface area (Å²) in [6.07, 6.45) is 1.44. The van der Waals surface area contributed by atoms with Crippen LogP contribution in [0, 0.1) is 0 Å². The van der Waals surface area contributed by atoms with E-state index in [4.69, 9.17) is 9.84 Å². The highest BCUT2D eigenvalue weighted by molar-refractivity contribution is 6.22. The lowest BCUT2D eigenvalue weighted by atomic mass is 10.1. The number of fused-ring (bicyclic) bond motifs is 1. The van der Waals surface area contributed by atoms with E-state index in [0.29, 0.717) is 0 Å². The average molecular weight is 332 g/mol. The third-order valence-corrected chi connectivity index (χ3v) is 3.33. The van der Waals surface area contributed by atoms with Crippen LogP contribution >= 0.6 is 0 Å². The van der Waals surface area contributed by atoms with E-state index >= 15 is 0 Å². The summed E-state index contributed by atoms with van der Waals surface area (Å²) in [4.78, 5) is 48.2. The van der Waals surface area contributed by atoms with Gasteiger partial charge in [-0.1, -0.05) is 18.2 Å². The number of amides is 3. The Bertz CT molecular complexity index is 665. The van der Waals surface area contributed by atoms with Gasteiger partial charge in [0.05, 0.1) is 24.3 Å². The van der Waals surface area contributed by atoms with Gasteiger partial charge in [-0.25, -0.2) is 4.79 Å². The van der Waals surface area contributed by atoms with E-state index in [0.717, 1.165) is 4.90 Å². The topological polar surface area (TPSA) is 113 Å². The van der Waals surface area contributed by atoms with E-state index in [1.807, 2.05) is 0 Å². The third-order valence-electron chi connectivity index (χ3n) is 3.33. The van der Waals surface area contributed by atoms with Gasteiger partial charge in [0.15, 0.2) is 6.04 Å². The van der Waals surface area contributed by atoms with Crippen molar-refractivity contribution in [1.29, 1.82) is 0 Å². The molecule has 1 aromatic rings. The Morgan fingerprint density at radius 1 is 1.25 bits per heavy atom. The van der Waals surface area contributed by atoms with Crippen LogP contribution in [0.5, 0.6) is 0 Å². The largest absolute Gasteiger partial charge is 0.480 e. The molecule has 0 aliphatic carbocycles. The third kappa shape index (κ3) is 3.66. The van der Waals surface area contributed by atoms with Crippen LogP contribution in [0.25, 0.3) is 0 Å². The number of carboxylic acids is 1. The fourth-order valence-corrected chi connectivity index (χ4v) is 2.21. The molecule has 1 heterocycles. The minimum Gasteiger partial charge on any atom is -0.480 e. The number of rotatable bonds is 8. The maximum absolute atomic E-state index is 12.1. The number of carboxylic acid groups (broad SMARTS) is 1. The summed E-state index contributed by atoms with van der Waals surface area (Å²) in [7, 11) is 0. The van der Waals surface area contributed by atoms with Gasteiger partial charge < -0.3 is 15.2 Å². The second-order valence-corrected chi connectivity index (χ2v) is 5.03. The molecule has 1 atom stereocenters. The number of nitrogens with zero attached hydrogens (tertiary/aromatic N) is 1. The van der Waals surface area contributed by atoms with Crippen LogP contribution in [0.2, 0.25) is 0 Å². The fraction of sp³-hybridized carbons (Fsp3) is 0.250. The summed E-state index contributed by atoms with van der Waals surface area (Å²) >= 11 is 0. The van der Waals surface area contributed by atoms with Crippen molar-refractivity contribution in [2.75, 3.05) is 19.8 Å². The average Bonchev–Trinajstić information content (AvgIpc) is 2.79. The Morgan fingerprint density at radius 2 is 1.83 bits per heavy atom. The first-order valence-electron chi connectivity index (χ1n) is 7.11.